The van der Waals surface area contributed by atoms with Gasteiger partial charge in [0.05, 0.1) is 5.69 Å². The summed E-state index contributed by atoms with van der Waals surface area (Å²) in [4.78, 5) is 4.19. The van der Waals surface area contributed by atoms with Crippen molar-refractivity contribution in [2.45, 2.75) is 0 Å². The lowest BCUT2D eigenvalue weighted by molar-refractivity contribution is 1.40. The Morgan fingerprint density at radius 2 is 2.14 bits per heavy atom. The van der Waals surface area contributed by atoms with Gasteiger partial charge in [-0.15, -0.1) is 17.8 Å². The highest BCUT2D eigenvalue weighted by Gasteiger charge is 2.05. The van der Waals surface area contributed by atoms with Crippen molar-refractivity contribution >= 4 is 16.5 Å². The van der Waals surface area contributed by atoms with Gasteiger partial charge in [0.1, 0.15) is 0 Å². The summed E-state index contributed by atoms with van der Waals surface area (Å²) in [7, 11) is 0. The number of rotatable bonds is 1. The summed E-state index contributed by atoms with van der Waals surface area (Å²) in [5, 5.41) is 2.47. The molecule has 1 aromatic heterocycles. The molecule has 0 radical (unpaired) electrons. The van der Waals surface area contributed by atoms with E-state index in [2.05, 4.69) is 10.9 Å². The van der Waals surface area contributed by atoms with Crippen LogP contribution < -0.4 is 5.73 Å². The molecular formula is C11H8N2S. The van der Waals surface area contributed by atoms with E-state index in [0.29, 0.717) is 5.13 Å². The summed E-state index contributed by atoms with van der Waals surface area (Å²) in [6, 6.07) is 7.69. The van der Waals surface area contributed by atoms with E-state index in [1.54, 1.807) is 0 Å². The lowest BCUT2D eigenvalue weighted by atomic mass is 10.1. The fourth-order valence-corrected chi connectivity index (χ4v) is 1.81. The fraction of sp³-hybridized carbons (Fsp3) is 0. The van der Waals surface area contributed by atoms with Crippen LogP contribution in [0.15, 0.2) is 29.6 Å². The Hall–Kier alpha value is -1.79. The molecule has 0 fully saturated rings. The monoisotopic (exact) mass is 200 g/mol. The summed E-state index contributed by atoms with van der Waals surface area (Å²) in [6.45, 7) is 0. The number of nitrogens with two attached hydrogens (primary N) is 1. The zero-order valence-corrected chi connectivity index (χ0v) is 8.21. The van der Waals surface area contributed by atoms with Gasteiger partial charge in [-0.2, -0.15) is 0 Å². The zero-order chi connectivity index (χ0) is 9.97. The smallest absolute Gasteiger partial charge is 0.180 e. The van der Waals surface area contributed by atoms with Gasteiger partial charge in [0.25, 0.3) is 0 Å². The van der Waals surface area contributed by atoms with Crippen LogP contribution in [0, 0.1) is 12.3 Å². The second kappa shape index (κ2) is 3.52. The highest BCUT2D eigenvalue weighted by molar-refractivity contribution is 7.13. The SMILES string of the molecule is C#Cc1ccccc1-c1csc(N)n1. The Balaban J connectivity index is 2.57. The average molecular weight is 200 g/mol. The molecule has 2 N–H and O–H groups in total. The maximum Gasteiger partial charge on any atom is 0.180 e. The van der Waals surface area contributed by atoms with Gasteiger partial charge in [-0.25, -0.2) is 4.98 Å². The molecule has 3 heteroatoms. The van der Waals surface area contributed by atoms with Crippen LogP contribution in [0.25, 0.3) is 11.3 Å². The minimum Gasteiger partial charge on any atom is -0.375 e. The first-order valence-corrected chi connectivity index (χ1v) is 4.96. The van der Waals surface area contributed by atoms with Crippen LogP contribution in [-0.2, 0) is 0 Å². The number of nitrogen functional groups attached to an aromatic ring is 1. The summed E-state index contributed by atoms with van der Waals surface area (Å²) >= 11 is 1.42. The quantitative estimate of drug-likeness (QED) is 0.718. The third-order valence-corrected chi connectivity index (χ3v) is 2.55. The molecule has 1 heterocycles. The Labute approximate surface area is 86.4 Å². The van der Waals surface area contributed by atoms with E-state index in [9.17, 15) is 0 Å². The van der Waals surface area contributed by atoms with Gasteiger partial charge in [0.15, 0.2) is 5.13 Å². The maximum absolute atomic E-state index is 5.56. The van der Waals surface area contributed by atoms with Crippen molar-refractivity contribution < 1.29 is 0 Å². The van der Waals surface area contributed by atoms with Crippen molar-refractivity contribution in [1.29, 1.82) is 0 Å². The molecule has 0 saturated carbocycles. The molecule has 0 bridgehead atoms. The first-order chi connectivity index (χ1) is 6.81. The number of terminal acetylenes is 1. The van der Waals surface area contributed by atoms with Crippen LogP contribution >= 0.6 is 11.3 Å². The number of hydrogen-bond acceptors (Lipinski definition) is 3. The van der Waals surface area contributed by atoms with E-state index < -0.39 is 0 Å². The lowest BCUT2D eigenvalue weighted by Gasteiger charge is -1.99. The third kappa shape index (κ3) is 1.48. The molecule has 1 aromatic carbocycles. The van der Waals surface area contributed by atoms with Crippen LogP contribution in [0.4, 0.5) is 5.13 Å². The molecule has 68 valence electrons. The predicted octanol–water partition coefficient (Wildman–Crippen LogP) is 2.37. The number of aromatic nitrogens is 1. The predicted molar refractivity (Wildman–Crippen MR) is 59.9 cm³/mol. The standard InChI is InChI=1S/C11H8N2S/c1-2-8-5-3-4-6-9(8)10-7-14-11(12)13-10/h1,3-7H,(H2,12,13). The van der Waals surface area contributed by atoms with E-state index >= 15 is 0 Å². The Morgan fingerprint density at radius 1 is 1.36 bits per heavy atom. The maximum atomic E-state index is 5.56. The molecule has 0 saturated heterocycles. The highest BCUT2D eigenvalue weighted by Crippen LogP contribution is 2.25. The van der Waals surface area contributed by atoms with Crippen LogP contribution in [0.5, 0.6) is 0 Å². The molecule has 0 aliphatic heterocycles. The van der Waals surface area contributed by atoms with Gasteiger partial charge >= 0.3 is 0 Å². The van der Waals surface area contributed by atoms with Crippen LogP contribution in [-0.4, -0.2) is 4.98 Å². The Bertz CT molecular complexity index is 494. The normalized spacial score (nSPS) is 9.64. The number of benzene rings is 1. The van der Waals surface area contributed by atoms with Gasteiger partial charge in [0, 0.05) is 16.5 Å². The first kappa shape index (κ1) is 8.79. The minimum atomic E-state index is 0.562. The summed E-state index contributed by atoms with van der Waals surface area (Å²) < 4.78 is 0. The third-order valence-electron chi connectivity index (χ3n) is 1.88. The summed E-state index contributed by atoms with van der Waals surface area (Å²) in [5.41, 5.74) is 8.22. The topological polar surface area (TPSA) is 38.9 Å². The van der Waals surface area contributed by atoms with E-state index in [4.69, 9.17) is 12.2 Å². The van der Waals surface area contributed by atoms with Crippen LogP contribution in [0.2, 0.25) is 0 Å². The van der Waals surface area contributed by atoms with Gasteiger partial charge in [-0.05, 0) is 6.07 Å². The largest absolute Gasteiger partial charge is 0.375 e. The zero-order valence-electron chi connectivity index (χ0n) is 7.40. The van der Waals surface area contributed by atoms with E-state index in [0.717, 1.165) is 16.8 Å². The average Bonchev–Trinajstić information content (AvgIpc) is 2.65. The summed E-state index contributed by atoms with van der Waals surface area (Å²) in [5.74, 6) is 2.63. The number of thiazole rings is 1. The molecule has 0 atom stereocenters. The van der Waals surface area contributed by atoms with Crippen molar-refractivity contribution in [1.82, 2.24) is 4.98 Å². The van der Waals surface area contributed by atoms with Gasteiger partial charge < -0.3 is 5.73 Å². The highest BCUT2D eigenvalue weighted by atomic mass is 32.1. The van der Waals surface area contributed by atoms with E-state index in [1.165, 1.54) is 11.3 Å². The van der Waals surface area contributed by atoms with Crippen molar-refractivity contribution in [3.63, 3.8) is 0 Å². The molecule has 0 amide bonds. The van der Waals surface area contributed by atoms with Gasteiger partial charge in [-0.3, -0.25) is 0 Å². The number of anilines is 1. The van der Waals surface area contributed by atoms with Crippen molar-refractivity contribution in [3.05, 3.63) is 35.2 Å². The van der Waals surface area contributed by atoms with E-state index in [-0.39, 0.29) is 0 Å². The summed E-state index contributed by atoms with van der Waals surface area (Å²) in [6.07, 6.45) is 5.39. The Kier molecular flexibility index (Phi) is 2.21. The second-order valence-corrected chi connectivity index (χ2v) is 3.65. The molecular weight excluding hydrogens is 192 g/mol. The molecule has 0 unspecified atom stereocenters. The lowest BCUT2D eigenvalue weighted by Crippen LogP contribution is -1.85. The second-order valence-electron chi connectivity index (χ2n) is 2.76. The molecule has 0 spiro atoms. The molecule has 2 nitrogen and oxygen atoms in total. The van der Waals surface area contributed by atoms with Crippen LogP contribution in [0.1, 0.15) is 5.56 Å². The number of hydrogen-bond donors (Lipinski definition) is 1. The molecule has 2 aromatic rings. The molecule has 14 heavy (non-hydrogen) atoms. The number of nitrogens with zero attached hydrogens (tertiary/aromatic N) is 1. The van der Waals surface area contributed by atoms with E-state index in [1.807, 2.05) is 29.6 Å². The van der Waals surface area contributed by atoms with Gasteiger partial charge in [0.2, 0.25) is 0 Å². The van der Waals surface area contributed by atoms with Crippen molar-refractivity contribution in [3.8, 4) is 23.6 Å². The minimum absolute atomic E-state index is 0.562. The van der Waals surface area contributed by atoms with Crippen molar-refractivity contribution in [2.24, 2.45) is 0 Å². The molecule has 0 aliphatic rings. The molecule has 0 aliphatic carbocycles. The fourth-order valence-electron chi connectivity index (χ4n) is 1.24. The Morgan fingerprint density at radius 3 is 2.79 bits per heavy atom. The molecule has 2 rings (SSSR count). The first-order valence-electron chi connectivity index (χ1n) is 4.08. The van der Waals surface area contributed by atoms with Gasteiger partial charge in [-0.1, -0.05) is 24.1 Å². The van der Waals surface area contributed by atoms with Crippen molar-refractivity contribution in [2.75, 3.05) is 5.73 Å². The van der Waals surface area contributed by atoms with Crippen LogP contribution in [0.3, 0.4) is 0 Å².